The number of H-pyrrole nitrogens is 1. The van der Waals surface area contributed by atoms with E-state index in [4.69, 9.17) is 10.7 Å². The fraction of sp³-hybridized carbons (Fsp3) is 0.500. The molecule has 1 aliphatic rings. The van der Waals surface area contributed by atoms with Gasteiger partial charge in [0.2, 0.25) is 5.91 Å². The number of aromatic amines is 1. The van der Waals surface area contributed by atoms with E-state index in [1.165, 1.54) is 0 Å². The largest absolute Gasteiger partial charge is 0.354 e. The van der Waals surface area contributed by atoms with Crippen molar-refractivity contribution >= 4 is 25.6 Å². The second-order valence-electron chi connectivity index (χ2n) is 4.57. The molecule has 1 aliphatic carbocycles. The summed E-state index contributed by atoms with van der Waals surface area (Å²) < 4.78 is 23.1. The number of nitrogens with zero attached hydrogens (tertiary/aromatic N) is 1. The quantitative estimate of drug-likeness (QED) is 0.674. The standard InChI is InChI=1S/C10H12ClN3O5S/c11-20(18,19)7-4-14(10(17)13-9(7)16)5-8(15)12-3-6-1-2-6/h4,6H,1-3,5H2,(H,12,15)(H,13,16,17). The Kier molecular flexibility index (Phi) is 4.00. The van der Waals surface area contributed by atoms with E-state index in [9.17, 15) is 22.8 Å². The van der Waals surface area contributed by atoms with Gasteiger partial charge in [-0.15, -0.1) is 0 Å². The van der Waals surface area contributed by atoms with E-state index in [0.29, 0.717) is 12.5 Å². The summed E-state index contributed by atoms with van der Waals surface area (Å²) in [5.74, 6) is 0.0361. The van der Waals surface area contributed by atoms with Crippen LogP contribution in [0.1, 0.15) is 12.8 Å². The Morgan fingerprint density at radius 1 is 1.45 bits per heavy atom. The fourth-order valence-corrected chi connectivity index (χ4v) is 2.43. The van der Waals surface area contributed by atoms with Crippen LogP contribution in [0.3, 0.4) is 0 Å². The SMILES string of the molecule is O=C(Cn1cc(S(=O)(=O)Cl)c(=O)[nH]c1=O)NCC1CC1. The number of carbonyl (C=O) groups excluding carboxylic acids is 1. The number of hydrogen-bond donors (Lipinski definition) is 2. The molecule has 1 saturated carbocycles. The molecule has 8 nitrogen and oxygen atoms in total. The molecule has 1 aromatic heterocycles. The van der Waals surface area contributed by atoms with Crippen molar-refractivity contribution in [3.63, 3.8) is 0 Å². The Morgan fingerprint density at radius 2 is 2.10 bits per heavy atom. The molecule has 0 radical (unpaired) electrons. The molecule has 20 heavy (non-hydrogen) atoms. The highest BCUT2D eigenvalue weighted by atomic mass is 35.7. The zero-order valence-corrected chi connectivity index (χ0v) is 11.8. The Balaban J connectivity index is 2.20. The molecule has 1 heterocycles. The number of rotatable bonds is 5. The van der Waals surface area contributed by atoms with Gasteiger partial charge in [-0.1, -0.05) is 0 Å². The van der Waals surface area contributed by atoms with Crippen LogP contribution < -0.4 is 16.6 Å². The molecule has 1 aromatic rings. The van der Waals surface area contributed by atoms with Crippen LogP contribution in [-0.2, 0) is 20.4 Å². The number of amides is 1. The molecule has 2 N–H and O–H groups in total. The molecule has 0 atom stereocenters. The number of hydrogen-bond acceptors (Lipinski definition) is 5. The van der Waals surface area contributed by atoms with Gasteiger partial charge in [-0.25, -0.2) is 13.2 Å². The third-order valence-electron chi connectivity index (χ3n) is 2.84. The van der Waals surface area contributed by atoms with Crippen molar-refractivity contribution in [1.29, 1.82) is 0 Å². The summed E-state index contributed by atoms with van der Waals surface area (Å²) in [6, 6.07) is 0. The van der Waals surface area contributed by atoms with Gasteiger partial charge in [-0.2, -0.15) is 0 Å². The fourth-order valence-electron chi connectivity index (χ4n) is 1.57. The molecule has 0 aliphatic heterocycles. The molecule has 2 rings (SSSR count). The van der Waals surface area contributed by atoms with Gasteiger partial charge in [0.05, 0.1) is 0 Å². The summed E-state index contributed by atoms with van der Waals surface area (Å²) in [6.07, 6.45) is 2.89. The first-order valence-electron chi connectivity index (χ1n) is 5.82. The molecule has 0 aromatic carbocycles. The number of halogens is 1. The molecule has 1 fully saturated rings. The van der Waals surface area contributed by atoms with Crippen molar-refractivity contribution in [2.24, 2.45) is 5.92 Å². The minimum atomic E-state index is -4.29. The van der Waals surface area contributed by atoms with Crippen LogP contribution in [0.15, 0.2) is 20.7 Å². The molecular weight excluding hydrogens is 310 g/mol. The number of carbonyl (C=O) groups is 1. The lowest BCUT2D eigenvalue weighted by Crippen LogP contribution is -2.37. The van der Waals surface area contributed by atoms with Gasteiger partial charge in [0.1, 0.15) is 6.54 Å². The maximum atomic E-state index is 11.6. The Bertz CT molecular complexity index is 747. The van der Waals surface area contributed by atoms with E-state index >= 15 is 0 Å². The maximum absolute atomic E-state index is 11.6. The first-order valence-corrected chi connectivity index (χ1v) is 8.13. The van der Waals surface area contributed by atoms with E-state index in [2.05, 4.69) is 5.32 Å². The van der Waals surface area contributed by atoms with Crippen LogP contribution in [0.4, 0.5) is 0 Å². The summed E-state index contributed by atoms with van der Waals surface area (Å²) in [5, 5.41) is 2.62. The van der Waals surface area contributed by atoms with Gasteiger partial charge in [-0.3, -0.25) is 19.1 Å². The average Bonchev–Trinajstić information content (AvgIpc) is 3.12. The van der Waals surface area contributed by atoms with Gasteiger partial charge in [0.25, 0.3) is 14.6 Å². The third-order valence-corrected chi connectivity index (χ3v) is 4.15. The predicted octanol–water partition coefficient (Wildman–Crippen LogP) is -1.01. The van der Waals surface area contributed by atoms with Crippen LogP contribution in [0.25, 0.3) is 0 Å². The minimum Gasteiger partial charge on any atom is -0.354 e. The van der Waals surface area contributed by atoms with Crippen LogP contribution in [0.2, 0.25) is 0 Å². The zero-order chi connectivity index (χ0) is 14.9. The molecule has 0 bridgehead atoms. The van der Waals surface area contributed by atoms with Crippen molar-refractivity contribution in [3.8, 4) is 0 Å². The second-order valence-corrected chi connectivity index (χ2v) is 7.10. The number of aromatic nitrogens is 2. The number of nitrogens with one attached hydrogen (secondary N) is 2. The monoisotopic (exact) mass is 321 g/mol. The van der Waals surface area contributed by atoms with E-state index in [1.54, 1.807) is 4.98 Å². The van der Waals surface area contributed by atoms with Crippen LogP contribution >= 0.6 is 10.7 Å². The van der Waals surface area contributed by atoms with Crippen LogP contribution in [0.5, 0.6) is 0 Å². The Hall–Kier alpha value is -1.61. The van der Waals surface area contributed by atoms with Gasteiger partial charge in [0, 0.05) is 23.4 Å². The smallest absolute Gasteiger partial charge is 0.328 e. The van der Waals surface area contributed by atoms with E-state index in [-0.39, 0.29) is 6.54 Å². The first-order chi connectivity index (χ1) is 9.27. The van der Waals surface area contributed by atoms with Crippen molar-refractivity contribution in [2.75, 3.05) is 6.54 Å². The summed E-state index contributed by atoms with van der Waals surface area (Å²) in [7, 11) is 0.785. The van der Waals surface area contributed by atoms with Gasteiger partial charge in [0.15, 0.2) is 4.90 Å². The summed E-state index contributed by atoms with van der Waals surface area (Å²) in [4.78, 5) is 35.4. The van der Waals surface area contributed by atoms with Crippen LogP contribution in [-0.4, -0.2) is 30.4 Å². The van der Waals surface area contributed by atoms with Crippen molar-refractivity contribution in [3.05, 3.63) is 27.0 Å². The summed E-state index contributed by atoms with van der Waals surface area (Å²) in [5.41, 5.74) is -1.99. The second kappa shape index (κ2) is 5.41. The topological polar surface area (TPSA) is 118 Å². The van der Waals surface area contributed by atoms with Crippen molar-refractivity contribution in [2.45, 2.75) is 24.3 Å². The average molecular weight is 322 g/mol. The van der Waals surface area contributed by atoms with E-state index < -0.39 is 31.1 Å². The Labute approximate surface area is 118 Å². The maximum Gasteiger partial charge on any atom is 0.328 e. The molecule has 1 amide bonds. The Morgan fingerprint density at radius 3 is 2.65 bits per heavy atom. The molecule has 0 unspecified atom stereocenters. The molecule has 10 heteroatoms. The highest BCUT2D eigenvalue weighted by molar-refractivity contribution is 8.13. The van der Waals surface area contributed by atoms with Crippen molar-refractivity contribution < 1.29 is 13.2 Å². The van der Waals surface area contributed by atoms with Gasteiger partial charge < -0.3 is 5.32 Å². The predicted molar refractivity (Wildman–Crippen MR) is 70.1 cm³/mol. The molecule has 110 valence electrons. The summed E-state index contributed by atoms with van der Waals surface area (Å²) in [6.45, 7) is 0.138. The molecular formula is C10H12ClN3O5S. The van der Waals surface area contributed by atoms with E-state index in [1.807, 2.05) is 0 Å². The lowest BCUT2D eigenvalue weighted by Gasteiger charge is -2.07. The normalized spacial score (nSPS) is 15.1. The lowest BCUT2D eigenvalue weighted by atomic mass is 10.4. The first kappa shape index (κ1) is 14.8. The third kappa shape index (κ3) is 3.70. The van der Waals surface area contributed by atoms with E-state index in [0.717, 1.165) is 23.6 Å². The highest BCUT2D eigenvalue weighted by Gasteiger charge is 2.22. The molecule has 0 spiro atoms. The lowest BCUT2D eigenvalue weighted by molar-refractivity contribution is -0.121. The van der Waals surface area contributed by atoms with Crippen LogP contribution in [0, 0.1) is 5.92 Å². The highest BCUT2D eigenvalue weighted by Crippen LogP contribution is 2.27. The molecule has 0 saturated heterocycles. The zero-order valence-electron chi connectivity index (χ0n) is 10.3. The summed E-state index contributed by atoms with van der Waals surface area (Å²) >= 11 is 0. The van der Waals surface area contributed by atoms with Crippen molar-refractivity contribution in [1.82, 2.24) is 14.9 Å². The van der Waals surface area contributed by atoms with Gasteiger partial charge >= 0.3 is 5.69 Å². The minimum absolute atomic E-state index is 0.387. The van der Waals surface area contributed by atoms with Gasteiger partial charge in [-0.05, 0) is 18.8 Å².